The van der Waals surface area contributed by atoms with Gasteiger partial charge in [0.2, 0.25) is 0 Å². The predicted molar refractivity (Wildman–Crippen MR) is 43.1 cm³/mol. The predicted octanol–water partition coefficient (Wildman–Crippen LogP) is 1.24. The molecule has 0 saturated heterocycles. The van der Waals surface area contributed by atoms with Crippen LogP contribution in [0.2, 0.25) is 0 Å². The zero-order chi connectivity index (χ0) is 7.72. The summed E-state index contributed by atoms with van der Waals surface area (Å²) in [6, 6.07) is 0. The van der Waals surface area contributed by atoms with Crippen LogP contribution in [0.25, 0.3) is 0 Å². The van der Waals surface area contributed by atoms with Crippen molar-refractivity contribution in [1.82, 2.24) is 4.90 Å². The molecule has 1 heterocycles. The van der Waals surface area contributed by atoms with Gasteiger partial charge in [-0.1, -0.05) is 6.58 Å². The van der Waals surface area contributed by atoms with Gasteiger partial charge >= 0.3 is 0 Å². The maximum absolute atomic E-state index is 4.15. The van der Waals surface area contributed by atoms with Gasteiger partial charge in [-0.2, -0.15) is 0 Å². The first-order valence-corrected chi connectivity index (χ1v) is 3.14. The summed E-state index contributed by atoms with van der Waals surface area (Å²) in [5.74, 6) is 2.48. The second-order valence-corrected chi connectivity index (χ2v) is 2.29. The lowest BCUT2D eigenvalue weighted by atomic mass is 10.5. The fourth-order valence-electron chi connectivity index (χ4n) is 0.783. The van der Waals surface area contributed by atoms with Crippen molar-refractivity contribution in [3.63, 3.8) is 0 Å². The fourth-order valence-corrected chi connectivity index (χ4v) is 0.783. The molecule has 0 fully saturated rings. The largest absolute Gasteiger partial charge is 0.318 e. The highest BCUT2D eigenvalue weighted by molar-refractivity contribution is 5.97. The molecule has 0 amide bonds. The summed E-state index contributed by atoms with van der Waals surface area (Å²) >= 11 is 0. The van der Waals surface area contributed by atoms with Crippen LogP contribution in [-0.2, 0) is 0 Å². The second kappa shape index (κ2) is 2.25. The van der Waals surface area contributed by atoms with E-state index in [1.54, 1.807) is 0 Å². The minimum atomic E-state index is 0.755. The van der Waals surface area contributed by atoms with Crippen molar-refractivity contribution >= 4 is 11.7 Å². The lowest BCUT2D eigenvalue weighted by molar-refractivity contribution is 0.610. The number of aliphatic imine (C=N–C) groups is 2. The van der Waals surface area contributed by atoms with E-state index in [-0.39, 0.29) is 0 Å². The molecule has 1 rings (SSSR count). The van der Waals surface area contributed by atoms with Crippen LogP contribution < -0.4 is 0 Å². The molecule has 0 bridgehead atoms. The van der Waals surface area contributed by atoms with Crippen molar-refractivity contribution in [2.24, 2.45) is 9.98 Å². The Kier molecular flexibility index (Phi) is 1.57. The molecule has 1 aliphatic rings. The molecule has 1 aliphatic heterocycles. The molecule has 10 heavy (non-hydrogen) atoms. The molecule has 0 unspecified atom stereocenters. The van der Waals surface area contributed by atoms with Crippen LogP contribution in [-0.4, -0.2) is 23.6 Å². The number of hydrogen-bond acceptors (Lipinski definition) is 3. The first kappa shape index (κ1) is 6.99. The van der Waals surface area contributed by atoms with Gasteiger partial charge in [0.05, 0.1) is 0 Å². The molecular weight excluding hydrogens is 126 g/mol. The Bertz CT molecular complexity index is 225. The standard InChI is InChI=1S/C7H11N3/c1-5-8-6(2)10(4)7(3)9-5/h2H2,1,3-4H3. The molecule has 3 nitrogen and oxygen atoms in total. The van der Waals surface area contributed by atoms with E-state index < -0.39 is 0 Å². The van der Waals surface area contributed by atoms with Crippen LogP contribution in [0.15, 0.2) is 22.4 Å². The topological polar surface area (TPSA) is 28.0 Å². The van der Waals surface area contributed by atoms with Crippen molar-refractivity contribution in [3.05, 3.63) is 12.4 Å². The summed E-state index contributed by atoms with van der Waals surface area (Å²) in [5, 5.41) is 0. The number of nitrogens with zero attached hydrogens (tertiary/aromatic N) is 3. The molecule has 0 aliphatic carbocycles. The molecule has 0 aromatic heterocycles. The van der Waals surface area contributed by atoms with Crippen LogP contribution in [0.5, 0.6) is 0 Å². The van der Waals surface area contributed by atoms with Crippen LogP contribution >= 0.6 is 0 Å². The van der Waals surface area contributed by atoms with E-state index in [0.29, 0.717) is 0 Å². The third kappa shape index (κ3) is 1.07. The summed E-state index contributed by atoms with van der Waals surface area (Å²) in [6.07, 6.45) is 0. The Balaban J connectivity index is 2.95. The third-order valence-electron chi connectivity index (χ3n) is 1.49. The Hall–Kier alpha value is -1.12. The van der Waals surface area contributed by atoms with E-state index in [0.717, 1.165) is 17.5 Å². The molecule has 0 atom stereocenters. The first-order valence-electron chi connectivity index (χ1n) is 3.14. The Morgan fingerprint density at radius 2 is 1.90 bits per heavy atom. The molecule has 0 saturated carbocycles. The number of amidine groups is 2. The Morgan fingerprint density at radius 3 is 2.40 bits per heavy atom. The summed E-state index contributed by atoms with van der Waals surface area (Å²) in [6.45, 7) is 7.55. The molecule has 0 spiro atoms. The third-order valence-corrected chi connectivity index (χ3v) is 1.49. The highest BCUT2D eigenvalue weighted by Crippen LogP contribution is 2.07. The quantitative estimate of drug-likeness (QED) is 0.493. The van der Waals surface area contributed by atoms with Crippen LogP contribution in [0.1, 0.15) is 13.8 Å². The first-order chi connectivity index (χ1) is 4.61. The zero-order valence-electron chi connectivity index (χ0n) is 6.55. The van der Waals surface area contributed by atoms with Gasteiger partial charge < -0.3 is 4.90 Å². The van der Waals surface area contributed by atoms with Gasteiger partial charge in [-0.25, -0.2) is 9.98 Å². The highest BCUT2D eigenvalue weighted by Gasteiger charge is 2.08. The van der Waals surface area contributed by atoms with Gasteiger partial charge in [0, 0.05) is 7.05 Å². The van der Waals surface area contributed by atoms with E-state index >= 15 is 0 Å². The van der Waals surface area contributed by atoms with E-state index in [2.05, 4.69) is 16.6 Å². The van der Waals surface area contributed by atoms with Crippen LogP contribution in [0, 0.1) is 0 Å². The van der Waals surface area contributed by atoms with E-state index in [1.165, 1.54) is 0 Å². The fraction of sp³-hybridized carbons (Fsp3) is 0.429. The van der Waals surface area contributed by atoms with Crippen molar-refractivity contribution in [2.45, 2.75) is 13.8 Å². The monoisotopic (exact) mass is 137 g/mol. The van der Waals surface area contributed by atoms with Gasteiger partial charge in [0.15, 0.2) is 0 Å². The van der Waals surface area contributed by atoms with Gasteiger partial charge in [-0.3, -0.25) is 0 Å². The molecule has 0 radical (unpaired) electrons. The number of rotatable bonds is 0. The van der Waals surface area contributed by atoms with Gasteiger partial charge in [0.25, 0.3) is 0 Å². The van der Waals surface area contributed by atoms with Crippen molar-refractivity contribution in [3.8, 4) is 0 Å². The number of hydrogen-bond donors (Lipinski definition) is 0. The molecule has 3 heteroatoms. The van der Waals surface area contributed by atoms with Gasteiger partial charge in [-0.05, 0) is 13.8 Å². The van der Waals surface area contributed by atoms with E-state index in [1.807, 2.05) is 25.8 Å². The van der Waals surface area contributed by atoms with E-state index in [4.69, 9.17) is 0 Å². The van der Waals surface area contributed by atoms with Gasteiger partial charge in [0.1, 0.15) is 17.5 Å². The SMILES string of the molecule is C=C1N=C(C)N=C(C)N1C. The van der Waals surface area contributed by atoms with Gasteiger partial charge in [-0.15, -0.1) is 0 Å². The smallest absolute Gasteiger partial charge is 0.129 e. The molecular formula is C7H11N3. The molecule has 0 N–H and O–H groups in total. The Morgan fingerprint density at radius 1 is 1.30 bits per heavy atom. The maximum Gasteiger partial charge on any atom is 0.129 e. The average Bonchev–Trinajstić information content (AvgIpc) is 1.82. The van der Waals surface area contributed by atoms with Crippen LogP contribution in [0.4, 0.5) is 0 Å². The maximum atomic E-state index is 4.15. The van der Waals surface area contributed by atoms with Crippen LogP contribution in [0.3, 0.4) is 0 Å². The van der Waals surface area contributed by atoms with Crippen molar-refractivity contribution in [2.75, 3.05) is 7.05 Å². The summed E-state index contributed by atoms with van der Waals surface area (Å²) in [4.78, 5) is 10.1. The Labute approximate surface area is 60.8 Å². The lowest BCUT2D eigenvalue weighted by Gasteiger charge is -2.21. The van der Waals surface area contributed by atoms with E-state index in [9.17, 15) is 0 Å². The molecule has 0 aromatic rings. The normalized spacial score (nSPS) is 18.7. The average molecular weight is 137 g/mol. The summed E-state index contributed by atoms with van der Waals surface area (Å²) in [5.41, 5.74) is 0. The minimum absolute atomic E-state index is 0.755. The molecule has 54 valence electrons. The molecule has 0 aromatic carbocycles. The highest BCUT2D eigenvalue weighted by atomic mass is 15.3. The summed E-state index contributed by atoms with van der Waals surface area (Å²) < 4.78 is 0. The zero-order valence-corrected chi connectivity index (χ0v) is 6.55. The van der Waals surface area contributed by atoms with Crippen molar-refractivity contribution in [1.29, 1.82) is 0 Å². The lowest BCUT2D eigenvalue weighted by Crippen LogP contribution is -2.26. The minimum Gasteiger partial charge on any atom is -0.318 e. The summed E-state index contributed by atoms with van der Waals surface area (Å²) in [7, 11) is 1.90. The second-order valence-electron chi connectivity index (χ2n) is 2.29. The van der Waals surface area contributed by atoms with Crippen molar-refractivity contribution < 1.29 is 0 Å².